The van der Waals surface area contributed by atoms with Gasteiger partial charge in [0.05, 0.1) is 0 Å². The molecule has 0 amide bonds. The summed E-state index contributed by atoms with van der Waals surface area (Å²) in [5, 5.41) is 8.40. The standard InChI is InChI=1S/C10H18N4S/c1-7-4-14(5-8(7)2)6-9-10(11-3)15-13-12-9/h7-8,11H,4-6H2,1-3H3. The van der Waals surface area contributed by atoms with Gasteiger partial charge in [-0.15, -0.1) is 5.10 Å². The Hall–Kier alpha value is -0.680. The Morgan fingerprint density at radius 2 is 2.07 bits per heavy atom. The Labute approximate surface area is 94.8 Å². The van der Waals surface area contributed by atoms with Gasteiger partial charge >= 0.3 is 0 Å². The van der Waals surface area contributed by atoms with Gasteiger partial charge in [0.25, 0.3) is 0 Å². The van der Waals surface area contributed by atoms with Crippen molar-refractivity contribution >= 4 is 16.5 Å². The minimum Gasteiger partial charge on any atom is -0.377 e. The lowest BCUT2D eigenvalue weighted by Crippen LogP contribution is -2.20. The van der Waals surface area contributed by atoms with Crippen molar-refractivity contribution in [1.82, 2.24) is 14.5 Å². The maximum atomic E-state index is 4.16. The van der Waals surface area contributed by atoms with Crippen molar-refractivity contribution in [3.63, 3.8) is 0 Å². The van der Waals surface area contributed by atoms with E-state index in [1.54, 1.807) is 0 Å². The summed E-state index contributed by atoms with van der Waals surface area (Å²) in [6, 6.07) is 0. The third-order valence-corrected chi connectivity index (χ3v) is 4.01. The third-order valence-electron chi connectivity index (χ3n) is 3.22. The monoisotopic (exact) mass is 226 g/mol. The highest BCUT2D eigenvalue weighted by molar-refractivity contribution is 7.10. The first-order valence-corrected chi connectivity index (χ1v) is 6.19. The second-order valence-corrected chi connectivity index (χ2v) is 5.20. The maximum Gasteiger partial charge on any atom is 0.134 e. The summed E-state index contributed by atoms with van der Waals surface area (Å²) >= 11 is 1.44. The van der Waals surface area contributed by atoms with E-state index >= 15 is 0 Å². The van der Waals surface area contributed by atoms with Crippen molar-refractivity contribution in [2.45, 2.75) is 20.4 Å². The first-order chi connectivity index (χ1) is 7.20. The number of hydrogen-bond donors (Lipinski definition) is 1. The predicted molar refractivity (Wildman–Crippen MR) is 63.1 cm³/mol. The molecule has 0 aromatic carbocycles. The van der Waals surface area contributed by atoms with E-state index in [1.807, 2.05) is 7.05 Å². The number of hydrogen-bond acceptors (Lipinski definition) is 5. The lowest BCUT2D eigenvalue weighted by Gasteiger charge is -2.13. The van der Waals surface area contributed by atoms with E-state index in [2.05, 4.69) is 33.7 Å². The highest BCUT2D eigenvalue weighted by Crippen LogP contribution is 2.25. The number of nitrogens with zero attached hydrogens (tertiary/aromatic N) is 3. The molecule has 2 unspecified atom stereocenters. The number of nitrogens with one attached hydrogen (secondary N) is 1. The SMILES string of the molecule is CNc1snnc1CN1CC(C)C(C)C1. The zero-order valence-electron chi connectivity index (χ0n) is 9.53. The van der Waals surface area contributed by atoms with E-state index in [0.29, 0.717) is 0 Å². The summed E-state index contributed by atoms with van der Waals surface area (Å²) < 4.78 is 3.98. The van der Waals surface area contributed by atoms with Crippen LogP contribution in [-0.4, -0.2) is 34.6 Å². The summed E-state index contributed by atoms with van der Waals surface area (Å²) in [7, 11) is 1.92. The van der Waals surface area contributed by atoms with Gasteiger partial charge in [0, 0.05) is 38.2 Å². The van der Waals surface area contributed by atoms with Crippen molar-refractivity contribution in [3.05, 3.63) is 5.69 Å². The predicted octanol–water partition coefficient (Wildman–Crippen LogP) is 1.67. The fourth-order valence-corrected chi connectivity index (χ4v) is 2.61. The van der Waals surface area contributed by atoms with Gasteiger partial charge < -0.3 is 5.32 Å². The van der Waals surface area contributed by atoms with Gasteiger partial charge in [-0.1, -0.05) is 18.3 Å². The van der Waals surface area contributed by atoms with Crippen LogP contribution in [0, 0.1) is 11.8 Å². The van der Waals surface area contributed by atoms with Crippen LogP contribution in [0.2, 0.25) is 0 Å². The number of anilines is 1. The average molecular weight is 226 g/mol. The molecule has 2 heterocycles. The van der Waals surface area contributed by atoms with Crippen LogP contribution in [0.15, 0.2) is 0 Å². The van der Waals surface area contributed by atoms with Crippen LogP contribution in [0.4, 0.5) is 5.00 Å². The van der Waals surface area contributed by atoms with Crippen LogP contribution >= 0.6 is 11.5 Å². The van der Waals surface area contributed by atoms with E-state index in [0.717, 1.165) is 29.1 Å². The van der Waals surface area contributed by atoms with Crippen LogP contribution in [0.25, 0.3) is 0 Å². The molecule has 15 heavy (non-hydrogen) atoms. The fraction of sp³-hybridized carbons (Fsp3) is 0.800. The number of likely N-dealkylation sites (tertiary alicyclic amines) is 1. The molecule has 1 aliphatic rings. The molecule has 1 fully saturated rings. The molecule has 0 spiro atoms. The molecule has 1 saturated heterocycles. The van der Waals surface area contributed by atoms with E-state index < -0.39 is 0 Å². The van der Waals surface area contributed by atoms with E-state index in [-0.39, 0.29) is 0 Å². The molecule has 0 aliphatic carbocycles. The average Bonchev–Trinajstić information content (AvgIpc) is 2.75. The van der Waals surface area contributed by atoms with Gasteiger partial charge in [-0.05, 0) is 11.8 Å². The molecule has 1 aromatic heterocycles. The molecule has 5 heteroatoms. The van der Waals surface area contributed by atoms with Gasteiger partial charge in [0.1, 0.15) is 10.7 Å². The summed E-state index contributed by atoms with van der Waals surface area (Å²) in [6.07, 6.45) is 0. The molecular formula is C10H18N4S. The van der Waals surface area contributed by atoms with Crippen molar-refractivity contribution < 1.29 is 0 Å². The highest BCUT2D eigenvalue weighted by Gasteiger charge is 2.26. The molecular weight excluding hydrogens is 208 g/mol. The first-order valence-electron chi connectivity index (χ1n) is 5.42. The van der Waals surface area contributed by atoms with Crippen molar-refractivity contribution in [1.29, 1.82) is 0 Å². The zero-order chi connectivity index (χ0) is 10.8. The van der Waals surface area contributed by atoms with Crippen molar-refractivity contribution in [2.75, 3.05) is 25.5 Å². The minimum atomic E-state index is 0.801. The lowest BCUT2D eigenvalue weighted by atomic mass is 10.0. The quantitative estimate of drug-likeness (QED) is 0.851. The maximum absolute atomic E-state index is 4.16. The summed E-state index contributed by atoms with van der Waals surface area (Å²) in [5.74, 6) is 1.60. The van der Waals surface area contributed by atoms with E-state index in [4.69, 9.17) is 0 Å². The number of aromatic nitrogens is 2. The molecule has 4 nitrogen and oxygen atoms in total. The van der Waals surface area contributed by atoms with Gasteiger partial charge in [0.15, 0.2) is 0 Å². The lowest BCUT2D eigenvalue weighted by molar-refractivity contribution is 0.312. The molecule has 1 N–H and O–H groups in total. The second-order valence-electron chi connectivity index (χ2n) is 4.45. The molecule has 1 aliphatic heterocycles. The zero-order valence-corrected chi connectivity index (χ0v) is 10.3. The number of rotatable bonds is 3. The molecule has 0 bridgehead atoms. The second kappa shape index (κ2) is 4.45. The molecule has 2 atom stereocenters. The molecule has 2 rings (SSSR count). The summed E-state index contributed by atoms with van der Waals surface area (Å²) in [6.45, 7) is 7.94. The van der Waals surface area contributed by atoms with Crippen molar-refractivity contribution in [3.8, 4) is 0 Å². The minimum absolute atomic E-state index is 0.801. The van der Waals surface area contributed by atoms with Crippen LogP contribution in [0.3, 0.4) is 0 Å². The van der Waals surface area contributed by atoms with Crippen LogP contribution in [-0.2, 0) is 6.54 Å². The Bertz CT molecular complexity index is 315. The molecule has 0 saturated carbocycles. The van der Waals surface area contributed by atoms with E-state index in [9.17, 15) is 0 Å². The van der Waals surface area contributed by atoms with Crippen LogP contribution < -0.4 is 5.32 Å². The Morgan fingerprint density at radius 1 is 1.40 bits per heavy atom. The van der Waals surface area contributed by atoms with Gasteiger partial charge in [-0.25, -0.2) is 0 Å². The van der Waals surface area contributed by atoms with Crippen LogP contribution in [0.5, 0.6) is 0 Å². The highest BCUT2D eigenvalue weighted by atomic mass is 32.1. The Morgan fingerprint density at radius 3 is 2.67 bits per heavy atom. The third kappa shape index (κ3) is 2.29. The summed E-state index contributed by atoms with van der Waals surface area (Å²) in [5.41, 5.74) is 1.09. The van der Waals surface area contributed by atoms with Gasteiger partial charge in [-0.3, -0.25) is 4.90 Å². The largest absolute Gasteiger partial charge is 0.377 e. The van der Waals surface area contributed by atoms with Gasteiger partial charge in [0.2, 0.25) is 0 Å². The molecule has 1 aromatic rings. The molecule has 84 valence electrons. The fourth-order valence-electron chi connectivity index (χ4n) is 2.09. The Balaban J connectivity index is 1.98. The normalized spacial score (nSPS) is 27.1. The Kier molecular flexibility index (Phi) is 3.21. The topological polar surface area (TPSA) is 41.1 Å². The summed E-state index contributed by atoms with van der Waals surface area (Å²) in [4.78, 5) is 2.47. The smallest absolute Gasteiger partial charge is 0.134 e. The molecule has 0 radical (unpaired) electrons. The van der Waals surface area contributed by atoms with Crippen LogP contribution in [0.1, 0.15) is 19.5 Å². The van der Waals surface area contributed by atoms with Gasteiger partial charge in [-0.2, -0.15) is 0 Å². The van der Waals surface area contributed by atoms with Crippen molar-refractivity contribution in [2.24, 2.45) is 11.8 Å². The van der Waals surface area contributed by atoms with E-state index in [1.165, 1.54) is 24.6 Å². The first kappa shape index (κ1) is 10.8.